The van der Waals surface area contributed by atoms with Gasteiger partial charge in [-0.1, -0.05) is 59.8 Å². The van der Waals surface area contributed by atoms with Crippen molar-refractivity contribution < 1.29 is 4.79 Å². The number of rotatable bonds is 5. The van der Waals surface area contributed by atoms with Gasteiger partial charge in [0.15, 0.2) is 10.9 Å². The first-order valence-electron chi connectivity index (χ1n) is 9.42. The molecule has 0 saturated heterocycles. The number of carbonyl (C=O) groups excluding carboxylic acids is 1. The zero-order valence-electron chi connectivity index (χ0n) is 16.6. The first-order chi connectivity index (χ1) is 14.4. The quantitative estimate of drug-likeness (QED) is 0.239. The third-order valence-electron chi connectivity index (χ3n) is 4.96. The van der Waals surface area contributed by atoms with E-state index >= 15 is 0 Å². The van der Waals surface area contributed by atoms with Gasteiger partial charge < -0.3 is 0 Å². The van der Waals surface area contributed by atoms with Gasteiger partial charge in [-0.25, -0.2) is 4.98 Å². The molecule has 0 spiro atoms. The Bertz CT molecular complexity index is 1300. The standard InChI is InChI=1S/C24H19ClN2O2S/c1-15-4-3-5-20-21(15)23(29)27(2)24(26-20)30-14-16-6-8-17(9-7-16)22(28)18-10-12-19(25)13-11-18/h3-13H,14H2,1-2H3. The fraction of sp³-hybridized carbons (Fsp3) is 0.125. The molecule has 0 aliphatic carbocycles. The van der Waals surface area contributed by atoms with Crippen molar-refractivity contribution in [1.82, 2.24) is 9.55 Å². The fourth-order valence-corrected chi connectivity index (χ4v) is 4.31. The van der Waals surface area contributed by atoms with Crippen molar-refractivity contribution in [3.63, 3.8) is 0 Å². The summed E-state index contributed by atoms with van der Waals surface area (Å²) in [7, 11) is 1.75. The maximum absolute atomic E-state index is 12.7. The lowest BCUT2D eigenvalue weighted by Gasteiger charge is -2.10. The second-order valence-electron chi connectivity index (χ2n) is 7.05. The maximum Gasteiger partial charge on any atom is 0.262 e. The van der Waals surface area contributed by atoms with Crippen molar-refractivity contribution >= 4 is 40.0 Å². The third-order valence-corrected chi connectivity index (χ3v) is 6.32. The van der Waals surface area contributed by atoms with Crippen molar-refractivity contribution in [2.24, 2.45) is 7.05 Å². The molecular weight excluding hydrogens is 416 g/mol. The molecule has 0 radical (unpaired) electrons. The number of nitrogens with zero attached hydrogens (tertiary/aromatic N) is 2. The summed E-state index contributed by atoms with van der Waals surface area (Å²) in [6.45, 7) is 1.92. The second-order valence-corrected chi connectivity index (χ2v) is 8.43. The van der Waals surface area contributed by atoms with Crippen LogP contribution in [0.5, 0.6) is 0 Å². The van der Waals surface area contributed by atoms with Crippen molar-refractivity contribution in [3.8, 4) is 0 Å². The number of aromatic nitrogens is 2. The van der Waals surface area contributed by atoms with Crippen LogP contribution in [0.3, 0.4) is 0 Å². The van der Waals surface area contributed by atoms with Gasteiger partial charge in [0.05, 0.1) is 10.9 Å². The van der Waals surface area contributed by atoms with E-state index < -0.39 is 0 Å². The molecule has 4 rings (SSSR count). The van der Waals surface area contributed by atoms with Crippen LogP contribution in [0.25, 0.3) is 10.9 Å². The Hall–Kier alpha value is -2.89. The minimum absolute atomic E-state index is 0.0375. The smallest absolute Gasteiger partial charge is 0.262 e. The average Bonchev–Trinajstić information content (AvgIpc) is 2.75. The number of benzene rings is 3. The highest BCUT2D eigenvalue weighted by Crippen LogP contribution is 2.23. The van der Waals surface area contributed by atoms with E-state index in [1.54, 1.807) is 35.9 Å². The van der Waals surface area contributed by atoms with Gasteiger partial charge in [0.1, 0.15) is 0 Å². The second kappa shape index (κ2) is 8.46. The monoisotopic (exact) mass is 434 g/mol. The molecule has 0 atom stereocenters. The predicted octanol–water partition coefficient (Wildman–Crippen LogP) is 5.42. The van der Waals surface area contributed by atoms with Gasteiger partial charge in [-0.15, -0.1) is 0 Å². The van der Waals surface area contributed by atoms with Gasteiger partial charge >= 0.3 is 0 Å². The highest BCUT2D eigenvalue weighted by Gasteiger charge is 2.12. The van der Waals surface area contributed by atoms with Gasteiger partial charge in [0, 0.05) is 29.0 Å². The number of halogens is 1. The maximum atomic E-state index is 12.7. The molecule has 0 N–H and O–H groups in total. The Kier molecular flexibility index (Phi) is 5.75. The molecule has 0 unspecified atom stereocenters. The normalized spacial score (nSPS) is 11.0. The molecule has 4 aromatic rings. The molecule has 1 heterocycles. The summed E-state index contributed by atoms with van der Waals surface area (Å²) in [4.78, 5) is 30.0. The Balaban J connectivity index is 1.52. The van der Waals surface area contributed by atoms with E-state index in [0.29, 0.717) is 38.0 Å². The number of fused-ring (bicyclic) bond motifs is 1. The summed E-state index contributed by atoms with van der Waals surface area (Å²) < 4.78 is 1.60. The molecular formula is C24H19ClN2O2S. The van der Waals surface area contributed by atoms with E-state index in [1.807, 2.05) is 49.4 Å². The average molecular weight is 435 g/mol. The highest BCUT2D eigenvalue weighted by molar-refractivity contribution is 7.98. The van der Waals surface area contributed by atoms with Crippen LogP contribution < -0.4 is 5.56 Å². The zero-order valence-corrected chi connectivity index (χ0v) is 18.1. The predicted molar refractivity (Wildman–Crippen MR) is 123 cm³/mol. The molecule has 6 heteroatoms. The Morgan fingerprint density at radius 1 is 1.00 bits per heavy atom. The third kappa shape index (κ3) is 4.04. The first kappa shape index (κ1) is 20.4. The number of carbonyl (C=O) groups is 1. The Morgan fingerprint density at radius 2 is 1.63 bits per heavy atom. The molecule has 30 heavy (non-hydrogen) atoms. The Morgan fingerprint density at radius 3 is 2.30 bits per heavy atom. The van der Waals surface area contributed by atoms with E-state index in [-0.39, 0.29) is 11.3 Å². The minimum Gasteiger partial charge on any atom is -0.290 e. The summed E-state index contributed by atoms with van der Waals surface area (Å²) in [5.74, 6) is 0.604. The number of thioether (sulfide) groups is 1. The number of ketones is 1. The SMILES string of the molecule is Cc1cccc2nc(SCc3ccc(C(=O)c4ccc(Cl)cc4)cc3)n(C)c(=O)c12. The van der Waals surface area contributed by atoms with Gasteiger partial charge in [-0.2, -0.15) is 0 Å². The van der Waals surface area contributed by atoms with E-state index in [2.05, 4.69) is 4.98 Å². The zero-order chi connectivity index (χ0) is 21.3. The fourth-order valence-electron chi connectivity index (χ4n) is 3.25. The van der Waals surface area contributed by atoms with Crippen LogP contribution >= 0.6 is 23.4 Å². The highest BCUT2D eigenvalue weighted by atomic mass is 35.5. The molecule has 0 saturated carbocycles. The number of hydrogen-bond donors (Lipinski definition) is 0. The lowest BCUT2D eigenvalue weighted by atomic mass is 10.0. The summed E-state index contributed by atoms with van der Waals surface area (Å²) in [5, 5.41) is 1.93. The molecule has 0 fully saturated rings. The van der Waals surface area contributed by atoms with E-state index in [9.17, 15) is 9.59 Å². The van der Waals surface area contributed by atoms with Gasteiger partial charge in [0.2, 0.25) is 0 Å². The van der Waals surface area contributed by atoms with Crippen LogP contribution in [0.1, 0.15) is 27.0 Å². The molecule has 3 aromatic carbocycles. The topological polar surface area (TPSA) is 52.0 Å². The Labute approximate surface area is 183 Å². The van der Waals surface area contributed by atoms with E-state index in [4.69, 9.17) is 11.6 Å². The summed E-state index contributed by atoms with van der Waals surface area (Å²) in [5.41, 5.74) is 3.88. The summed E-state index contributed by atoms with van der Waals surface area (Å²) in [6, 6.07) is 20.1. The molecule has 0 amide bonds. The van der Waals surface area contributed by atoms with Crippen molar-refractivity contribution in [1.29, 1.82) is 0 Å². The van der Waals surface area contributed by atoms with Crippen molar-refractivity contribution in [2.75, 3.05) is 0 Å². The molecule has 0 aliphatic heterocycles. The van der Waals surface area contributed by atoms with Crippen LogP contribution in [0.4, 0.5) is 0 Å². The van der Waals surface area contributed by atoms with E-state index in [0.717, 1.165) is 11.1 Å². The van der Waals surface area contributed by atoms with Gasteiger partial charge in [-0.05, 0) is 48.4 Å². The van der Waals surface area contributed by atoms with Crippen LogP contribution in [-0.2, 0) is 12.8 Å². The molecule has 0 aliphatic rings. The minimum atomic E-state index is -0.0418. The molecule has 1 aromatic heterocycles. The largest absolute Gasteiger partial charge is 0.290 e. The number of aryl methyl sites for hydroxylation is 1. The van der Waals surface area contributed by atoms with Crippen LogP contribution in [-0.4, -0.2) is 15.3 Å². The van der Waals surface area contributed by atoms with Gasteiger partial charge in [0.25, 0.3) is 5.56 Å². The lowest BCUT2D eigenvalue weighted by molar-refractivity contribution is 0.103. The van der Waals surface area contributed by atoms with Crippen LogP contribution in [0.15, 0.2) is 76.7 Å². The van der Waals surface area contributed by atoms with Gasteiger partial charge in [-0.3, -0.25) is 14.2 Å². The molecule has 150 valence electrons. The van der Waals surface area contributed by atoms with E-state index in [1.165, 1.54) is 11.8 Å². The lowest BCUT2D eigenvalue weighted by Crippen LogP contribution is -2.20. The van der Waals surface area contributed by atoms with Crippen molar-refractivity contribution in [2.45, 2.75) is 17.8 Å². The van der Waals surface area contributed by atoms with Crippen molar-refractivity contribution in [3.05, 3.63) is 104 Å². The summed E-state index contributed by atoms with van der Waals surface area (Å²) >= 11 is 7.39. The molecule has 0 bridgehead atoms. The van der Waals surface area contributed by atoms with Crippen LogP contribution in [0.2, 0.25) is 5.02 Å². The van der Waals surface area contributed by atoms with Crippen LogP contribution in [0, 0.1) is 6.92 Å². The summed E-state index contributed by atoms with van der Waals surface area (Å²) in [6.07, 6.45) is 0. The molecule has 4 nitrogen and oxygen atoms in total. The number of hydrogen-bond acceptors (Lipinski definition) is 4. The first-order valence-corrected chi connectivity index (χ1v) is 10.8.